The molecule has 0 radical (unpaired) electrons. The first kappa shape index (κ1) is 17.3. The van der Waals surface area contributed by atoms with Crippen molar-refractivity contribution in [2.75, 3.05) is 0 Å². The normalized spacial score (nSPS) is 10.9. The molecule has 0 atom stereocenters. The minimum absolute atomic E-state index is 0.637. The Bertz CT molecular complexity index is 1160. The summed E-state index contributed by atoms with van der Waals surface area (Å²) >= 11 is 1.64. The number of hydrogen-bond acceptors (Lipinski definition) is 5. The zero-order valence-corrected chi connectivity index (χ0v) is 15.9. The van der Waals surface area contributed by atoms with Crippen molar-refractivity contribution in [3.8, 4) is 17.2 Å². The van der Waals surface area contributed by atoms with E-state index in [-0.39, 0.29) is 0 Å². The van der Waals surface area contributed by atoms with Crippen molar-refractivity contribution in [1.82, 2.24) is 19.6 Å². The van der Waals surface area contributed by atoms with Crippen molar-refractivity contribution in [3.63, 3.8) is 0 Å². The molecule has 4 rings (SSSR count). The Morgan fingerprint density at radius 1 is 1.04 bits per heavy atom. The number of aromatic nitrogens is 4. The molecule has 0 spiro atoms. The minimum atomic E-state index is 0.637. The molecule has 0 fully saturated rings. The molecule has 132 valence electrons. The molecule has 0 amide bonds. The van der Waals surface area contributed by atoms with Gasteiger partial charge in [0.05, 0.1) is 11.6 Å². The summed E-state index contributed by atoms with van der Waals surface area (Å²) in [7, 11) is 0. The summed E-state index contributed by atoms with van der Waals surface area (Å²) in [5.74, 6) is 1.42. The van der Waals surface area contributed by atoms with Gasteiger partial charge >= 0.3 is 0 Å². The fourth-order valence-corrected chi connectivity index (χ4v) is 4.00. The van der Waals surface area contributed by atoms with Gasteiger partial charge in [-0.25, -0.2) is 4.98 Å². The smallest absolute Gasteiger partial charge is 0.256 e. The van der Waals surface area contributed by atoms with Crippen LogP contribution < -0.4 is 0 Å². The van der Waals surface area contributed by atoms with E-state index in [1.807, 2.05) is 48.6 Å². The topological polar surface area (TPSA) is 66.9 Å². The summed E-state index contributed by atoms with van der Waals surface area (Å²) in [5, 5.41) is 18.6. The maximum Gasteiger partial charge on any atom is 0.256 e. The summed E-state index contributed by atoms with van der Waals surface area (Å²) < 4.78 is 1.98. The van der Waals surface area contributed by atoms with Crippen LogP contribution in [0.15, 0.2) is 59.8 Å². The van der Waals surface area contributed by atoms with E-state index in [2.05, 4.69) is 45.5 Å². The maximum absolute atomic E-state index is 9.28. The molecule has 5 nitrogen and oxygen atoms in total. The van der Waals surface area contributed by atoms with E-state index in [1.54, 1.807) is 11.8 Å². The van der Waals surface area contributed by atoms with E-state index in [1.165, 1.54) is 5.56 Å². The maximum atomic E-state index is 9.28. The van der Waals surface area contributed by atoms with E-state index in [9.17, 15) is 5.26 Å². The second-order valence-corrected chi connectivity index (χ2v) is 7.24. The Balaban J connectivity index is 1.54. The first-order valence-corrected chi connectivity index (χ1v) is 9.55. The van der Waals surface area contributed by atoms with Gasteiger partial charge in [0.2, 0.25) is 0 Å². The SMILES string of the molecule is Cc1cc(C)n2c(SCc3ccc(-c4ccccc4C#N)cc3)nnc2n1. The van der Waals surface area contributed by atoms with Crippen molar-refractivity contribution in [2.45, 2.75) is 24.8 Å². The number of nitrogens with zero attached hydrogens (tertiary/aromatic N) is 5. The quantitative estimate of drug-likeness (QED) is 0.492. The third-order valence-corrected chi connectivity index (χ3v) is 5.34. The van der Waals surface area contributed by atoms with Crippen LogP contribution >= 0.6 is 11.8 Å². The number of hydrogen-bond donors (Lipinski definition) is 0. The Hall–Kier alpha value is -3.17. The van der Waals surface area contributed by atoms with Gasteiger partial charge in [-0.3, -0.25) is 4.40 Å². The molecular weight excluding hydrogens is 354 g/mol. The highest BCUT2D eigenvalue weighted by atomic mass is 32.2. The van der Waals surface area contributed by atoms with Crippen molar-refractivity contribution < 1.29 is 0 Å². The van der Waals surface area contributed by atoms with E-state index >= 15 is 0 Å². The monoisotopic (exact) mass is 371 g/mol. The molecule has 0 aliphatic rings. The minimum Gasteiger partial charge on any atom is -0.259 e. The van der Waals surface area contributed by atoms with Crippen molar-refractivity contribution in [2.24, 2.45) is 0 Å². The number of fused-ring (bicyclic) bond motifs is 1. The Morgan fingerprint density at radius 2 is 1.81 bits per heavy atom. The van der Waals surface area contributed by atoms with Crippen LogP contribution in [0, 0.1) is 25.2 Å². The lowest BCUT2D eigenvalue weighted by Crippen LogP contribution is -1.97. The Morgan fingerprint density at radius 3 is 2.59 bits per heavy atom. The predicted molar refractivity (Wildman–Crippen MR) is 106 cm³/mol. The summed E-state index contributed by atoms with van der Waals surface area (Å²) in [4.78, 5) is 4.42. The molecular formula is C21H17N5S. The highest BCUT2D eigenvalue weighted by molar-refractivity contribution is 7.98. The molecule has 4 aromatic rings. The molecule has 0 saturated heterocycles. The lowest BCUT2D eigenvalue weighted by atomic mass is 10.00. The predicted octanol–water partition coefficient (Wildman–Crippen LogP) is 4.57. The van der Waals surface area contributed by atoms with Crippen LogP contribution in [0.5, 0.6) is 0 Å². The van der Waals surface area contributed by atoms with Gasteiger partial charge in [0.15, 0.2) is 5.16 Å². The van der Waals surface area contributed by atoms with Gasteiger partial charge in [-0.15, -0.1) is 10.2 Å². The fourth-order valence-electron chi connectivity index (χ4n) is 3.05. The van der Waals surface area contributed by atoms with Crippen LogP contribution in [0.4, 0.5) is 0 Å². The fraction of sp³-hybridized carbons (Fsp3) is 0.143. The average Bonchev–Trinajstić information content (AvgIpc) is 3.10. The molecule has 0 aliphatic heterocycles. The van der Waals surface area contributed by atoms with Crippen molar-refractivity contribution in [1.29, 1.82) is 5.26 Å². The summed E-state index contributed by atoms with van der Waals surface area (Å²) in [6.45, 7) is 4.00. The van der Waals surface area contributed by atoms with E-state index in [0.29, 0.717) is 11.3 Å². The second-order valence-electron chi connectivity index (χ2n) is 6.30. The number of thioether (sulfide) groups is 1. The standard InChI is InChI=1S/C21H17N5S/c1-14-11-15(2)26-20(23-14)24-25-21(26)27-13-16-7-9-17(10-8-16)19-6-4-3-5-18(19)12-22/h3-11H,13H2,1-2H3. The van der Waals surface area contributed by atoms with Crippen LogP contribution in [0.3, 0.4) is 0 Å². The molecule has 0 N–H and O–H groups in total. The van der Waals surface area contributed by atoms with Gasteiger partial charge in [-0.1, -0.05) is 54.2 Å². The van der Waals surface area contributed by atoms with Crippen LogP contribution in [0.1, 0.15) is 22.5 Å². The number of benzene rings is 2. The molecule has 0 bridgehead atoms. The largest absolute Gasteiger partial charge is 0.259 e. The van der Waals surface area contributed by atoms with E-state index in [0.717, 1.165) is 33.4 Å². The van der Waals surface area contributed by atoms with Crippen molar-refractivity contribution >= 4 is 17.5 Å². The third kappa shape index (κ3) is 3.42. The number of rotatable bonds is 4. The molecule has 0 unspecified atom stereocenters. The molecule has 0 saturated carbocycles. The van der Waals surface area contributed by atoms with Gasteiger partial charge in [0, 0.05) is 17.1 Å². The Labute approximate surface area is 161 Å². The third-order valence-electron chi connectivity index (χ3n) is 4.34. The number of aryl methyl sites for hydroxylation is 2. The molecule has 0 aliphatic carbocycles. The van der Waals surface area contributed by atoms with Crippen LogP contribution in [-0.4, -0.2) is 19.6 Å². The summed E-state index contributed by atoms with van der Waals surface area (Å²) in [6, 6.07) is 20.2. The first-order valence-electron chi connectivity index (χ1n) is 8.56. The molecule has 6 heteroatoms. The molecule has 27 heavy (non-hydrogen) atoms. The lowest BCUT2D eigenvalue weighted by molar-refractivity contribution is 0.886. The van der Waals surface area contributed by atoms with Crippen LogP contribution in [0.2, 0.25) is 0 Å². The first-order chi connectivity index (χ1) is 13.2. The van der Waals surface area contributed by atoms with Crippen molar-refractivity contribution in [3.05, 3.63) is 77.1 Å². The lowest BCUT2D eigenvalue weighted by Gasteiger charge is -2.07. The zero-order valence-electron chi connectivity index (χ0n) is 15.0. The molecule has 2 heterocycles. The van der Waals surface area contributed by atoms with Crippen LogP contribution in [0.25, 0.3) is 16.9 Å². The van der Waals surface area contributed by atoms with Gasteiger partial charge in [-0.05, 0) is 42.7 Å². The van der Waals surface area contributed by atoms with Gasteiger partial charge in [-0.2, -0.15) is 5.26 Å². The highest BCUT2D eigenvalue weighted by Gasteiger charge is 2.10. The summed E-state index contributed by atoms with van der Waals surface area (Å²) in [5.41, 5.74) is 5.90. The van der Waals surface area contributed by atoms with Gasteiger partial charge in [0.25, 0.3) is 5.78 Å². The second kappa shape index (κ2) is 7.22. The van der Waals surface area contributed by atoms with E-state index in [4.69, 9.17) is 0 Å². The number of nitriles is 1. The average molecular weight is 371 g/mol. The zero-order chi connectivity index (χ0) is 18.8. The van der Waals surface area contributed by atoms with Gasteiger partial charge < -0.3 is 0 Å². The molecule has 2 aromatic heterocycles. The molecule has 2 aromatic carbocycles. The van der Waals surface area contributed by atoms with Crippen LogP contribution in [-0.2, 0) is 5.75 Å². The summed E-state index contributed by atoms with van der Waals surface area (Å²) in [6.07, 6.45) is 0. The van der Waals surface area contributed by atoms with E-state index < -0.39 is 0 Å². The Kier molecular flexibility index (Phi) is 4.61. The van der Waals surface area contributed by atoms with Gasteiger partial charge in [0.1, 0.15) is 0 Å². The highest BCUT2D eigenvalue weighted by Crippen LogP contribution is 2.26.